The third-order valence-corrected chi connectivity index (χ3v) is 4.96. The maximum Gasteiger partial charge on any atom is 0.307 e. The standard InChI is InChI=1S/C17H23NO2/c19-17(20)11-14-6-1-2-7-15(14)12-18-10-9-13-5-3-4-8-16(13)18/h1-2,6-7,13,16H,3-5,8-12H2,(H,19,20). The molecule has 1 N–H and O–H groups in total. The topological polar surface area (TPSA) is 40.5 Å². The Morgan fingerprint density at radius 3 is 2.70 bits per heavy atom. The summed E-state index contributed by atoms with van der Waals surface area (Å²) in [6.45, 7) is 2.10. The van der Waals surface area contributed by atoms with Crippen molar-refractivity contribution in [1.29, 1.82) is 0 Å². The zero-order valence-electron chi connectivity index (χ0n) is 11.9. The van der Waals surface area contributed by atoms with E-state index in [-0.39, 0.29) is 6.42 Å². The fraction of sp³-hybridized carbons (Fsp3) is 0.588. The van der Waals surface area contributed by atoms with Crippen molar-refractivity contribution in [2.24, 2.45) is 5.92 Å². The number of carbonyl (C=O) groups is 1. The second-order valence-electron chi connectivity index (χ2n) is 6.21. The number of hydrogen-bond donors (Lipinski definition) is 1. The van der Waals surface area contributed by atoms with Gasteiger partial charge in [-0.2, -0.15) is 0 Å². The van der Waals surface area contributed by atoms with Gasteiger partial charge in [-0.15, -0.1) is 0 Å². The molecule has 0 spiro atoms. The van der Waals surface area contributed by atoms with Gasteiger partial charge in [-0.3, -0.25) is 9.69 Å². The molecule has 3 nitrogen and oxygen atoms in total. The van der Waals surface area contributed by atoms with Crippen LogP contribution in [0.2, 0.25) is 0 Å². The molecular formula is C17H23NO2. The van der Waals surface area contributed by atoms with Crippen LogP contribution >= 0.6 is 0 Å². The van der Waals surface area contributed by atoms with Gasteiger partial charge in [0.2, 0.25) is 0 Å². The minimum absolute atomic E-state index is 0.137. The molecule has 1 aliphatic heterocycles. The SMILES string of the molecule is O=C(O)Cc1ccccc1CN1CCC2CCCCC21. The van der Waals surface area contributed by atoms with E-state index >= 15 is 0 Å². The number of rotatable bonds is 4. The molecule has 0 bridgehead atoms. The molecule has 108 valence electrons. The Bertz CT molecular complexity index is 486. The lowest BCUT2D eigenvalue weighted by Gasteiger charge is -2.32. The van der Waals surface area contributed by atoms with E-state index in [1.807, 2.05) is 18.2 Å². The Kier molecular flexibility index (Phi) is 4.06. The van der Waals surface area contributed by atoms with Crippen molar-refractivity contribution in [3.8, 4) is 0 Å². The smallest absolute Gasteiger partial charge is 0.307 e. The third-order valence-electron chi connectivity index (χ3n) is 4.96. The Hall–Kier alpha value is -1.35. The summed E-state index contributed by atoms with van der Waals surface area (Å²) in [6.07, 6.45) is 6.92. The predicted molar refractivity (Wildman–Crippen MR) is 78.6 cm³/mol. The highest BCUT2D eigenvalue weighted by Gasteiger charge is 2.35. The molecule has 2 unspecified atom stereocenters. The molecule has 20 heavy (non-hydrogen) atoms. The molecule has 0 amide bonds. The molecule has 2 aliphatic rings. The summed E-state index contributed by atoms with van der Waals surface area (Å²) in [6, 6.07) is 8.75. The largest absolute Gasteiger partial charge is 0.481 e. The van der Waals surface area contributed by atoms with E-state index < -0.39 is 5.97 Å². The van der Waals surface area contributed by atoms with E-state index in [2.05, 4.69) is 11.0 Å². The maximum atomic E-state index is 11.0. The van der Waals surface area contributed by atoms with Crippen LogP contribution in [-0.4, -0.2) is 28.6 Å². The normalized spacial score (nSPS) is 26.4. The number of fused-ring (bicyclic) bond motifs is 1. The van der Waals surface area contributed by atoms with E-state index in [9.17, 15) is 4.79 Å². The van der Waals surface area contributed by atoms with E-state index in [0.29, 0.717) is 0 Å². The summed E-state index contributed by atoms with van der Waals surface area (Å²) in [4.78, 5) is 13.6. The number of aliphatic carboxylic acids is 1. The van der Waals surface area contributed by atoms with Gasteiger partial charge in [-0.25, -0.2) is 0 Å². The van der Waals surface area contributed by atoms with Gasteiger partial charge >= 0.3 is 5.97 Å². The van der Waals surface area contributed by atoms with Crippen molar-refractivity contribution < 1.29 is 9.90 Å². The number of carboxylic acid groups (broad SMARTS) is 1. The van der Waals surface area contributed by atoms with Crippen molar-refractivity contribution in [1.82, 2.24) is 4.90 Å². The molecule has 3 rings (SSSR count). The molecule has 1 aromatic rings. The monoisotopic (exact) mass is 273 g/mol. The van der Waals surface area contributed by atoms with E-state index in [0.717, 1.165) is 24.1 Å². The summed E-state index contributed by atoms with van der Waals surface area (Å²) in [7, 11) is 0. The van der Waals surface area contributed by atoms with E-state index in [1.165, 1.54) is 44.2 Å². The lowest BCUT2D eigenvalue weighted by Crippen LogP contribution is -2.34. The average molecular weight is 273 g/mol. The second-order valence-corrected chi connectivity index (χ2v) is 6.21. The van der Waals surface area contributed by atoms with Crippen LogP contribution in [0.25, 0.3) is 0 Å². The summed E-state index contributed by atoms with van der Waals surface area (Å²) >= 11 is 0. The molecule has 1 heterocycles. The summed E-state index contributed by atoms with van der Waals surface area (Å²) in [5.74, 6) is 0.143. The first-order valence-corrected chi connectivity index (χ1v) is 7.76. The van der Waals surface area contributed by atoms with Crippen LogP contribution in [0.4, 0.5) is 0 Å². The predicted octanol–water partition coefficient (Wildman–Crippen LogP) is 3.08. The second kappa shape index (κ2) is 5.96. The molecule has 3 heteroatoms. The van der Waals surface area contributed by atoms with Crippen molar-refractivity contribution in [2.75, 3.05) is 6.54 Å². The first kappa shape index (κ1) is 13.6. The van der Waals surface area contributed by atoms with Gasteiger partial charge in [0.1, 0.15) is 0 Å². The number of likely N-dealkylation sites (tertiary alicyclic amines) is 1. The van der Waals surface area contributed by atoms with Crippen LogP contribution < -0.4 is 0 Å². The summed E-state index contributed by atoms with van der Waals surface area (Å²) in [5.41, 5.74) is 2.17. The Labute approximate surface area is 120 Å². The van der Waals surface area contributed by atoms with Gasteiger partial charge in [0, 0.05) is 12.6 Å². The Balaban J connectivity index is 1.73. The molecule has 2 atom stereocenters. The van der Waals surface area contributed by atoms with Gasteiger partial charge < -0.3 is 5.11 Å². The molecule has 1 aliphatic carbocycles. The molecule has 1 saturated carbocycles. The zero-order chi connectivity index (χ0) is 13.9. The van der Waals surface area contributed by atoms with Crippen LogP contribution in [0.15, 0.2) is 24.3 Å². The fourth-order valence-electron chi connectivity index (χ4n) is 3.97. The molecule has 0 radical (unpaired) electrons. The van der Waals surface area contributed by atoms with Crippen LogP contribution in [0.3, 0.4) is 0 Å². The lowest BCUT2D eigenvalue weighted by molar-refractivity contribution is -0.136. The highest BCUT2D eigenvalue weighted by molar-refractivity contribution is 5.70. The van der Waals surface area contributed by atoms with Crippen molar-refractivity contribution in [3.05, 3.63) is 35.4 Å². The minimum atomic E-state index is -0.741. The minimum Gasteiger partial charge on any atom is -0.481 e. The van der Waals surface area contributed by atoms with E-state index in [1.54, 1.807) is 0 Å². The molecule has 1 saturated heterocycles. The van der Waals surface area contributed by atoms with Gasteiger partial charge in [0.05, 0.1) is 6.42 Å². The first-order chi connectivity index (χ1) is 9.74. The number of hydrogen-bond acceptors (Lipinski definition) is 2. The number of nitrogens with zero attached hydrogens (tertiary/aromatic N) is 1. The Morgan fingerprint density at radius 1 is 1.15 bits per heavy atom. The van der Waals surface area contributed by atoms with Crippen molar-refractivity contribution in [2.45, 2.75) is 51.1 Å². The van der Waals surface area contributed by atoms with Crippen LogP contribution in [0.1, 0.15) is 43.2 Å². The van der Waals surface area contributed by atoms with Gasteiger partial charge in [0.15, 0.2) is 0 Å². The lowest BCUT2D eigenvalue weighted by atomic mass is 9.85. The third kappa shape index (κ3) is 2.88. The molecular weight excluding hydrogens is 250 g/mol. The summed E-state index contributed by atoms with van der Waals surface area (Å²) in [5, 5.41) is 9.03. The number of carboxylic acids is 1. The fourth-order valence-corrected chi connectivity index (χ4v) is 3.97. The van der Waals surface area contributed by atoms with Gasteiger partial charge in [0.25, 0.3) is 0 Å². The van der Waals surface area contributed by atoms with Crippen molar-refractivity contribution >= 4 is 5.97 Å². The quantitative estimate of drug-likeness (QED) is 0.916. The molecule has 2 fully saturated rings. The van der Waals surface area contributed by atoms with Crippen LogP contribution in [0, 0.1) is 5.92 Å². The molecule has 1 aromatic carbocycles. The van der Waals surface area contributed by atoms with E-state index in [4.69, 9.17) is 5.11 Å². The summed E-state index contributed by atoms with van der Waals surface area (Å²) < 4.78 is 0. The number of benzene rings is 1. The maximum absolute atomic E-state index is 11.0. The first-order valence-electron chi connectivity index (χ1n) is 7.76. The van der Waals surface area contributed by atoms with Crippen LogP contribution in [-0.2, 0) is 17.8 Å². The highest BCUT2D eigenvalue weighted by atomic mass is 16.4. The highest BCUT2D eigenvalue weighted by Crippen LogP contribution is 2.37. The van der Waals surface area contributed by atoms with Crippen molar-refractivity contribution in [3.63, 3.8) is 0 Å². The zero-order valence-corrected chi connectivity index (χ0v) is 11.9. The Morgan fingerprint density at radius 2 is 1.90 bits per heavy atom. The van der Waals surface area contributed by atoms with Gasteiger partial charge in [-0.1, -0.05) is 37.1 Å². The molecule has 0 aromatic heterocycles. The van der Waals surface area contributed by atoms with Gasteiger partial charge in [-0.05, 0) is 42.9 Å². The van der Waals surface area contributed by atoms with Crippen LogP contribution in [0.5, 0.6) is 0 Å². The average Bonchev–Trinajstić information content (AvgIpc) is 2.84.